The van der Waals surface area contributed by atoms with Crippen molar-refractivity contribution >= 4 is 0 Å². The average molecular weight is 214 g/mol. The Morgan fingerprint density at radius 2 is 1.75 bits per heavy atom. The Kier molecular flexibility index (Phi) is 2.53. The molecular formula is C16H22. The summed E-state index contributed by atoms with van der Waals surface area (Å²) in [6.45, 7) is 4.54. The molecule has 0 nitrogen and oxygen atoms in total. The van der Waals surface area contributed by atoms with Crippen LogP contribution in [0.3, 0.4) is 0 Å². The zero-order valence-electron chi connectivity index (χ0n) is 10.4. The molecular weight excluding hydrogens is 192 g/mol. The number of fused-ring (bicyclic) bond motifs is 2. The van der Waals surface area contributed by atoms with Gasteiger partial charge < -0.3 is 0 Å². The summed E-state index contributed by atoms with van der Waals surface area (Å²) < 4.78 is 0. The fourth-order valence-electron chi connectivity index (χ4n) is 3.78. The van der Waals surface area contributed by atoms with E-state index in [1.165, 1.54) is 31.2 Å². The Morgan fingerprint density at radius 3 is 2.25 bits per heavy atom. The Labute approximate surface area is 99.1 Å². The SMILES string of the molecule is CC(C)c1ccc(C2CC3CCC2C3)cc1. The van der Waals surface area contributed by atoms with E-state index in [0.29, 0.717) is 5.92 Å². The van der Waals surface area contributed by atoms with E-state index >= 15 is 0 Å². The zero-order chi connectivity index (χ0) is 11.1. The fourth-order valence-corrected chi connectivity index (χ4v) is 3.78. The monoisotopic (exact) mass is 214 g/mol. The van der Waals surface area contributed by atoms with Crippen LogP contribution < -0.4 is 0 Å². The minimum absolute atomic E-state index is 0.661. The second-order valence-corrected chi connectivity index (χ2v) is 6.10. The van der Waals surface area contributed by atoms with Crippen LogP contribution >= 0.6 is 0 Å². The highest BCUT2D eigenvalue weighted by Crippen LogP contribution is 2.52. The lowest BCUT2D eigenvalue weighted by atomic mass is 9.83. The van der Waals surface area contributed by atoms with Gasteiger partial charge >= 0.3 is 0 Å². The molecule has 2 aliphatic carbocycles. The van der Waals surface area contributed by atoms with Gasteiger partial charge in [-0.05, 0) is 54.1 Å². The quantitative estimate of drug-likeness (QED) is 0.668. The summed E-state index contributed by atoms with van der Waals surface area (Å²) in [5, 5.41) is 0. The van der Waals surface area contributed by atoms with Crippen molar-refractivity contribution in [1.82, 2.24) is 0 Å². The zero-order valence-corrected chi connectivity index (χ0v) is 10.4. The smallest absolute Gasteiger partial charge is 0.0131 e. The lowest BCUT2D eigenvalue weighted by Crippen LogP contribution is -2.08. The Hall–Kier alpha value is -0.780. The van der Waals surface area contributed by atoms with Gasteiger partial charge in [0.15, 0.2) is 0 Å². The van der Waals surface area contributed by atoms with Gasteiger partial charge in [0.05, 0.1) is 0 Å². The van der Waals surface area contributed by atoms with Crippen LogP contribution in [-0.4, -0.2) is 0 Å². The van der Waals surface area contributed by atoms with Crippen molar-refractivity contribution in [3.8, 4) is 0 Å². The maximum atomic E-state index is 2.39. The molecule has 3 rings (SSSR count). The third-order valence-electron chi connectivity index (χ3n) is 4.77. The molecule has 16 heavy (non-hydrogen) atoms. The summed E-state index contributed by atoms with van der Waals surface area (Å²) in [4.78, 5) is 0. The van der Waals surface area contributed by atoms with Crippen molar-refractivity contribution in [2.45, 2.75) is 51.4 Å². The summed E-state index contributed by atoms with van der Waals surface area (Å²) >= 11 is 0. The molecule has 0 N–H and O–H groups in total. The van der Waals surface area contributed by atoms with Crippen molar-refractivity contribution < 1.29 is 0 Å². The highest BCUT2D eigenvalue weighted by Gasteiger charge is 2.39. The van der Waals surface area contributed by atoms with E-state index in [4.69, 9.17) is 0 Å². The first-order valence-electron chi connectivity index (χ1n) is 6.84. The van der Waals surface area contributed by atoms with Crippen LogP contribution in [0.2, 0.25) is 0 Å². The molecule has 1 aromatic carbocycles. The van der Waals surface area contributed by atoms with Crippen LogP contribution in [0, 0.1) is 11.8 Å². The van der Waals surface area contributed by atoms with Gasteiger partial charge in [-0.3, -0.25) is 0 Å². The molecule has 0 amide bonds. The third kappa shape index (κ3) is 1.69. The van der Waals surface area contributed by atoms with Gasteiger partial charge in [0, 0.05) is 0 Å². The van der Waals surface area contributed by atoms with Crippen LogP contribution in [0.15, 0.2) is 24.3 Å². The Morgan fingerprint density at radius 1 is 1.00 bits per heavy atom. The van der Waals surface area contributed by atoms with Crippen molar-refractivity contribution in [2.75, 3.05) is 0 Å². The molecule has 3 atom stereocenters. The van der Waals surface area contributed by atoms with E-state index in [2.05, 4.69) is 38.1 Å². The number of hydrogen-bond donors (Lipinski definition) is 0. The summed E-state index contributed by atoms with van der Waals surface area (Å²) in [5.41, 5.74) is 3.09. The molecule has 1 aromatic rings. The van der Waals surface area contributed by atoms with Gasteiger partial charge in [-0.15, -0.1) is 0 Å². The van der Waals surface area contributed by atoms with Crippen molar-refractivity contribution in [1.29, 1.82) is 0 Å². The molecule has 0 spiro atoms. The first kappa shape index (κ1) is 10.4. The van der Waals surface area contributed by atoms with E-state index in [0.717, 1.165) is 17.8 Å². The normalized spacial score (nSPS) is 32.6. The molecule has 0 heterocycles. The van der Waals surface area contributed by atoms with Gasteiger partial charge in [-0.1, -0.05) is 44.5 Å². The highest BCUT2D eigenvalue weighted by molar-refractivity contribution is 5.29. The fraction of sp³-hybridized carbons (Fsp3) is 0.625. The van der Waals surface area contributed by atoms with E-state index in [1.807, 2.05) is 0 Å². The van der Waals surface area contributed by atoms with E-state index in [-0.39, 0.29) is 0 Å². The largest absolute Gasteiger partial charge is 0.0587 e. The molecule has 0 aromatic heterocycles. The third-order valence-corrected chi connectivity index (χ3v) is 4.77. The molecule has 0 saturated heterocycles. The van der Waals surface area contributed by atoms with E-state index in [1.54, 1.807) is 5.56 Å². The van der Waals surface area contributed by atoms with Gasteiger partial charge in [0.2, 0.25) is 0 Å². The molecule has 0 heteroatoms. The van der Waals surface area contributed by atoms with Crippen molar-refractivity contribution in [2.24, 2.45) is 11.8 Å². The predicted molar refractivity (Wildman–Crippen MR) is 68.7 cm³/mol. The van der Waals surface area contributed by atoms with Crippen LogP contribution in [0.1, 0.15) is 62.5 Å². The second-order valence-electron chi connectivity index (χ2n) is 6.10. The maximum Gasteiger partial charge on any atom is -0.0131 e. The van der Waals surface area contributed by atoms with Gasteiger partial charge in [-0.25, -0.2) is 0 Å². The Bertz CT molecular complexity index is 360. The minimum atomic E-state index is 0.661. The molecule has 0 aliphatic heterocycles. The Balaban J connectivity index is 1.80. The van der Waals surface area contributed by atoms with Crippen LogP contribution in [0.4, 0.5) is 0 Å². The molecule has 2 saturated carbocycles. The summed E-state index contributed by atoms with van der Waals surface area (Å²) in [5.74, 6) is 3.61. The number of hydrogen-bond acceptors (Lipinski definition) is 0. The summed E-state index contributed by atoms with van der Waals surface area (Å²) in [7, 11) is 0. The average Bonchev–Trinajstić information content (AvgIpc) is 2.91. The van der Waals surface area contributed by atoms with Gasteiger partial charge in [0.25, 0.3) is 0 Å². The molecule has 2 bridgehead atoms. The molecule has 2 fully saturated rings. The van der Waals surface area contributed by atoms with Crippen LogP contribution in [0.25, 0.3) is 0 Å². The van der Waals surface area contributed by atoms with E-state index in [9.17, 15) is 0 Å². The summed E-state index contributed by atoms with van der Waals surface area (Å²) in [6.07, 6.45) is 5.97. The molecule has 86 valence electrons. The molecule has 0 radical (unpaired) electrons. The topological polar surface area (TPSA) is 0 Å². The minimum Gasteiger partial charge on any atom is -0.0587 e. The second kappa shape index (κ2) is 3.91. The van der Waals surface area contributed by atoms with E-state index < -0.39 is 0 Å². The van der Waals surface area contributed by atoms with Gasteiger partial charge in [0.1, 0.15) is 0 Å². The first-order chi connectivity index (χ1) is 7.74. The van der Waals surface area contributed by atoms with Gasteiger partial charge in [-0.2, -0.15) is 0 Å². The molecule has 2 aliphatic rings. The lowest BCUT2D eigenvalue weighted by molar-refractivity contribution is 0.420. The number of benzene rings is 1. The van der Waals surface area contributed by atoms with Crippen LogP contribution in [-0.2, 0) is 0 Å². The van der Waals surface area contributed by atoms with Crippen molar-refractivity contribution in [3.63, 3.8) is 0 Å². The first-order valence-corrected chi connectivity index (χ1v) is 6.84. The standard InChI is InChI=1S/C16H22/c1-11(2)13-5-7-14(8-6-13)16-10-12-3-4-15(16)9-12/h5-8,11-12,15-16H,3-4,9-10H2,1-2H3. The van der Waals surface area contributed by atoms with Crippen molar-refractivity contribution in [3.05, 3.63) is 35.4 Å². The maximum absolute atomic E-state index is 2.39. The summed E-state index contributed by atoms with van der Waals surface area (Å²) in [6, 6.07) is 9.46. The number of rotatable bonds is 2. The highest BCUT2D eigenvalue weighted by atomic mass is 14.4. The lowest BCUT2D eigenvalue weighted by Gasteiger charge is -2.22. The molecule has 3 unspecified atom stereocenters. The predicted octanol–water partition coefficient (Wildman–Crippen LogP) is 4.71. The van der Waals surface area contributed by atoms with Crippen LogP contribution in [0.5, 0.6) is 0 Å².